The lowest BCUT2D eigenvalue weighted by atomic mass is 9.85. The molecule has 4 fully saturated rings. The molecule has 4 aliphatic carbocycles. The number of amides is 4. The first kappa shape index (κ1) is 20.3. The van der Waals surface area contributed by atoms with E-state index in [1.54, 1.807) is 0 Å². The van der Waals surface area contributed by atoms with Gasteiger partial charge >= 0.3 is 0 Å². The van der Waals surface area contributed by atoms with E-state index in [0.717, 1.165) is 18.4 Å². The highest BCUT2D eigenvalue weighted by Crippen LogP contribution is 2.53. The third-order valence-electron chi connectivity index (χ3n) is 9.06. The Morgan fingerprint density at radius 2 is 1.00 bits per heavy atom. The van der Waals surface area contributed by atoms with Crippen molar-refractivity contribution in [1.29, 1.82) is 0 Å². The number of nitrogens with zero attached hydrogens (tertiary/aromatic N) is 3. The van der Waals surface area contributed by atoms with Gasteiger partial charge in [-0.2, -0.15) is 0 Å². The lowest BCUT2D eigenvalue weighted by Crippen LogP contribution is -2.48. The van der Waals surface area contributed by atoms with Crippen molar-refractivity contribution in [1.82, 2.24) is 14.7 Å². The van der Waals surface area contributed by atoms with Crippen LogP contribution in [0, 0.1) is 47.3 Å². The van der Waals surface area contributed by atoms with Crippen LogP contribution >= 0.6 is 0 Å². The molecule has 0 aromatic heterocycles. The zero-order chi connectivity index (χ0) is 23.1. The average Bonchev–Trinajstić information content (AvgIpc) is 3.68. The number of rotatable bonds is 6. The molecule has 7 nitrogen and oxygen atoms in total. The molecule has 2 saturated heterocycles. The summed E-state index contributed by atoms with van der Waals surface area (Å²) in [4.78, 5) is 57.8. The van der Waals surface area contributed by atoms with Gasteiger partial charge in [0.15, 0.2) is 0 Å². The maximum Gasteiger partial charge on any atom is 0.234 e. The molecule has 2 heterocycles. The van der Waals surface area contributed by atoms with Gasteiger partial charge < -0.3 is 0 Å². The number of likely N-dealkylation sites (tertiary alicyclic amines) is 2. The van der Waals surface area contributed by atoms with Gasteiger partial charge in [0, 0.05) is 6.54 Å². The highest BCUT2D eigenvalue weighted by Gasteiger charge is 2.61. The van der Waals surface area contributed by atoms with E-state index in [1.165, 1.54) is 9.80 Å². The van der Waals surface area contributed by atoms with E-state index in [9.17, 15) is 19.2 Å². The number of carbonyl (C=O) groups excluding carboxylic acids is 4. The number of benzene rings is 1. The Labute approximate surface area is 198 Å². The fraction of sp³-hybridized carbons (Fsp3) is 0.481. The first-order valence-electron chi connectivity index (χ1n) is 12.3. The Bertz CT molecular complexity index is 1030. The van der Waals surface area contributed by atoms with E-state index in [0.29, 0.717) is 6.54 Å². The van der Waals surface area contributed by atoms with Crippen LogP contribution in [0.2, 0.25) is 0 Å². The summed E-state index contributed by atoms with van der Waals surface area (Å²) in [5.74, 6) is -0.821. The summed E-state index contributed by atoms with van der Waals surface area (Å²) in [7, 11) is 0. The second-order valence-electron chi connectivity index (χ2n) is 10.8. The SMILES string of the molecule is O=C1[C@@H]2[C@H](C(=O)N1CN(Cc1ccccc1)CN1C(=O)[C@H]3[C@H](C1=O)[C@H]1C=C[C@H]3C1)[C@H]1C=C[C@H]2C1. The predicted molar refractivity (Wildman–Crippen MR) is 121 cm³/mol. The molecule has 174 valence electrons. The monoisotopic (exact) mass is 457 g/mol. The van der Waals surface area contributed by atoms with E-state index in [-0.39, 0.29) is 84.3 Å². The zero-order valence-corrected chi connectivity index (χ0v) is 18.8. The number of carbonyl (C=O) groups is 4. The summed E-state index contributed by atoms with van der Waals surface area (Å²) < 4.78 is 0. The smallest absolute Gasteiger partial charge is 0.234 e. The molecule has 0 spiro atoms. The van der Waals surface area contributed by atoms with Gasteiger partial charge in [-0.1, -0.05) is 54.6 Å². The molecule has 0 N–H and O–H groups in total. The molecule has 8 atom stereocenters. The minimum Gasteiger partial charge on any atom is -0.274 e. The van der Waals surface area contributed by atoms with Gasteiger partial charge in [0.25, 0.3) is 0 Å². The fourth-order valence-electron chi connectivity index (χ4n) is 7.59. The van der Waals surface area contributed by atoms with Crippen molar-refractivity contribution in [3.63, 3.8) is 0 Å². The number of hydrogen-bond donors (Lipinski definition) is 0. The molecule has 34 heavy (non-hydrogen) atoms. The first-order chi connectivity index (χ1) is 16.5. The molecule has 7 heteroatoms. The maximum absolute atomic E-state index is 13.3. The predicted octanol–water partition coefficient (Wildman–Crippen LogP) is 2.02. The van der Waals surface area contributed by atoms with Crippen LogP contribution in [0.25, 0.3) is 0 Å². The standard InChI is InChI=1S/C27H27N3O4/c31-24-20-16-6-7-17(10-16)21(20)25(32)29(24)13-28(12-15-4-2-1-3-5-15)14-30-26(33)22-18-8-9-19(11-18)23(22)27(30)34/h1-9,16-23H,10-14H2/t16-,17-,18-,19-,20-,21+,22+,23+/m0/s1. The van der Waals surface area contributed by atoms with Gasteiger partial charge in [-0.15, -0.1) is 0 Å². The summed E-state index contributed by atoms with van der Waals surface area (Å²) in [5, 5.41) is 0. The minimum atomic E-state index is -0.253. The summed E-state index contributed by atoms with van der Waals surface area (Å²) in [6, 6.07) is 9.77. The largest absolute Gasteiger partial charge is 0.274 e. The fourth-order valence-corrected chi connectivity index (χ4v) is 7.59. The lowest BCUT2D eigenvalue weighted by molar-refractivity contribution is -0.146. The van der Waals surface area contributed by atoms with Crippen LogP contribution in [-0.2, 0) is 25.7 Å². The molecule has 7 rings (SSSR count). The van der Waals surface area contributed by atoms with Crippen LogP contribution in [-0.4, -0.2) is 51.7 Å². The van der Waals surface area contributed by atoms with Gasteiger partial charge in [-0.05, 0) is 42.1 Å². The van der Waals surface area contributed by atoms with Crippen molar-refractivity contribution >= 4 is 23.6 Å². The van der Waals surface area contributed by atoms with Crippen molar-refractivity contribution in [2.75, 3.05) is 13.3 Å². The van der Waals surface area contributed by atoms with E-state index in [1.807, 2.05) is 35.2 Å². The van der Waals surface area contributed by atoms with Crippen molar-refractivity contribution < 1.29 is 19.2 Å². The average molecular weight is 458 g/mol. The molecule has 1 aromatic carbocycles. The first-order valence-corrected chi connectivity index (χ1v) is 12.3. The number of fused-ring (bicyclic) bond motifs is 10. The Morgan fingerprint density at radius 1 is 0.618 bits per heavy atom. The van der Waals surface area contributed by atoms with Gasteiger partial charge in [-0.3, -0.25) is 33.9 Å². The van der Waals surface area contributed by atoms with Crippen LogP contribution in [0.1, 0.15) is 18.4 Å². The molecule has 2 saturated carbocycles. The Hall–Kier alpha value is -3.06. The summed E-state index contributed by atoms with van der Waals surface area (Å²) in [6.45, 7) is 0.628. The van der Waals surface area contributed by atoms with Crippen molar-refractivity contribution in [3.05, 3.63) is 60.2 Å². The molecule has 2 aliphatic heterocycles. The zero-order valence-electron chi connectivity index (χ0n) is 18.8. The molecule has 0 unspecified atom stereocenters. The molecule has 0 radical (unpaired) electrons. The molecular weight excluding hydrogens is 430 g/mol. The van der Waals surface area contributed by atoms with Gasteiger partial charge in [0.2, 0.25) is 23.6 Å². The quantitative estimate of drug-likeness (QED) is 0.483. The highest BCUT2D eigenvalue weighted by molar-refractivity contribution is 6.07. The molecule has 4 bridgehead atoms. The van der Waals surface area contributed by atoms with Crippen LogP contribution in [0.5, 0.6) is 0 Å². The van der Waals surface area contributed by atoms with Crippen molar-refractivity contribution in [2.24, 2.45) is 47.3 Å². The number of imide groups is 2. The molecule has 4 amide bonds. The third-order valence-corrected chi connectivity index (χ3v) is 9.06. The minimum absolute atomic E-state index is 0.0938. The summed E-state index contributed by atoms with van der Waals surface area (Å²) in [6.07, 6.45) is 10.1. The van der Waals surface area contributed by atoms with E-state index >= 15 is 0 Å². The van der Waals surface area contributed by atoms with Crippen LogP contribution in [0.4, 0.5) is 0 Å². The van der Waals surface area contributed by atoms with Crippen LogP contribution < -0.4 is 0 Å². The lowest BCUT2D eigenvalue weighted by Gasteiger charge is -2.31. The van der Waals surface area contributed by atoms with E-state index in [4.69, 9.17) is 0 Å². The normalized spacial score (nSPS) is 38.9. The Balaban J connectivity index is 1.14. The summed E-state index contributed by atoms with van der Waals surface area (Å²) >= 11 is 0. The topological polar surface area (TPSA) is 78.0 Å². The second kappa shape index (κ2) is 7.22. The van der Waals surface area contributed by atoms with Crippen molar-refractivity contribution in [2.45, 2.75) is 19.4 Å². The highest BCUT2D eigenvalue weighted by atomic mass is 16.2. The van der Waals surface area contributed by atoms with E-state index < -0.39 is 0 Å². The van der Waals surface area contributed by atoms with E-state index in [2.05, 4.69) is 24.3 Å². The Kier molecular flexibility index (Phi) is 4.31. The second-order valence-corrected chi connectivity index (χ2v) is 10.8. The van der Waals surface area contributed by atoms with Crippen molar-refractivity contribution in [3.8, 4) is 0 Å². The van der Waals surface area contributed by atoms with Crippen LogP contribution in [0.3, 0.4) is 0 Å². The van der Waals surface area contributed by atoms with Gasteiger partial charge in [0.1, 0.15) is 0 Å². The molecular formula is C27H27N3O4. The van der Waals surface area contributed by atoms with Gasteiger partial charge in [-0.25, -0.2) is 0 Å². The van der Waals surface area contributed by atoms with Gasteiger partial charge in [0.05, 0.1) is 37.0 Å². The molecule has 6 aliphatic rings. The van der Waals surface area contributed by atoms with Crippen LogP contribution in [0.15, 0.2) is 54.6 Å². The Morgan fingerprint density at radius 3 is 1.38 bits per heavy atom. The summed E-state index contributed by atoms with van der Waals surface area (Å²) in [5.41, 5.74) is 1.00. The maximum atomic E-state index is 13.3. The molecule has 1 aromatic rings. The third kappa shape index (κ3) is 2.73. The number of allylic oxidation sites excluding steroid dienone is 4. The number of hydrogen-bond acceptors (Lipinski definition) is 5.